The van der Waals surface area contributed by atoms with Crippen molar-refractivity contribution < 1.29 is 13.3 Å². The minimum absolute atomic E-state index is 0.261. The fourth-order valence-electron chi connectivity index (χ4n) is 1.44. The molecule has 0 amide bonds. The molecule has 0 bridgehead atoms. The number of hydrogen-bond acceptors (Lipinski definition) is 4. The van der Waals surface area contributed by atoms with Crippen molar-refractivity contribution >= 4 is 8.80 Å². The van der Waals surface area contributed by atoms with Crippen LogP contribution in [0.4, 0.5) is 0 Å². The summed E-state index contributed by atoms with van der Waals surface area (Å²) in [6.07, 6.45) is 3.78. The Labute approximate surface area is 94.5 Å². The van der Waals surface area contributed by atoms with Gasteiger partial charge in [0.25, 0.3) is 0 Å². The summed E-state index contributed by atoms with van der Waals surface area (Å²) in [4.78, 5) is 0. The highest BCUT2D eigenvalue weighted by Crippen LogP contribution is 2.18. The van der Waals surface area contributed by atoms with Crippen molar-refractivity contribution in [2.75, 3.05) is 14.2 Å². The molecule has 0 rings (SSSR count). The zero-order valence-electron chi connectivity index (χ0n) is 10.4. The van der Waals surface area contributed by atoms with Gasteiger partial charge in [-0.2, -0.15) is 0 Å². The van der Waals surface area contributed by atoms with Gasteiger partial charge in [-0.1, -0.05) is 26.7 Å². The normalized spacial score (nSPS) is 14.2. The summed E-state index contributed by atoms with van der Waals surface area (Å²) in [6.45, 7) is 4.22. The van der Waals surface area contributed by atoms with Crippen molar-refractivity contribution in [1.29, 1.82) is 0 Å². The molecule has 15 heavy (non-hydrogen) atoms. The fourth-order valence-corrected chi connectivity index (χ4v) is 3.52. The van der Waals surface area contributed by atoms with Crippen molar-refractivity contribution in [2.45, 2.75) is 51.8 Å². The lowest BCUT2D eigenvalue weighted by Crippen LogP contribution is -2.48. The molecule has 0 radical (unpaired) electrons. The van der Waals surface area contributed by atoms with Crippen LogP contribution < -0.4 is 5.73 Å². The number of unbranched alkanes of at least 4 members (excludes halogenated alkanes) is 1. The average Bonchev–Trinajstić information content (AvgIpc) is 2.25. The highest BCUT2D eigenvalue weighted by Gasteiger charge is 2.39. The minimum atomic E-state index is -2.48. The lowest BCUT2D eigenvalue weighted by Gasteiger charge is -2.29. The Morgan fingerprint density at radius 2 is 1.73 bits per heavy atom. The summed E-state index contributed by atoms with van der Waals surface area (Å²) < 4.78 is 16.5. The molecule has 0 heterocycles. The van der Waals surface area contributed by atoms with E-state index in [0.717, 1.165) is 31.7 Å². The molecule has 0 aromatic rings. The van der Waals surface area contributed by atoms with Gasteiger partial charge in [0.15, 0.2) is 0 Å². The van der Waals surface area contributed by atoms with E-state index in [9.17, 15) is 0 Å². The van der Waals surface area contributed by atoms with Crippen molar-refractivity contribution in [1.82, 2.24) is 0 Å². The minimum Gasteiger partial charge on any atom is -0.377 e. The van der Waals surface area contributed by atoms with E-state index in [2.05, 4.69) is 13.8 Å². The predicted molar refractivity (Wildman–Crippen MR) is 63.5 cm³/mol. The monoisotopic (exact) mass is 235 g/mol. The molecule has 1 unspecified atom stereocenters. The van der Waals surface area contributed by atoms with Crippen LogP contribution in [0.2, 0.25) is 6.04 Å². The third-order valence-electron chi connectivity index (χ3n) is 2.35. The van der Waals surface area contributed by atoms with Gasteiger partial charge in [0.05, 0.1) is 6.23 Å². The smallest absolute Gasteiger partial charge is 0.377 e. The second-order valence-corrected chi connectivity index (χ2v) is 6.56. The molecule has 0 aliphatic carbocycles. The average molecular weight is 235 g/mol. The topological polar surface area (TPSA) is 53.7 Å². The quantitative estimate of drug-likeness (QED) is 0.491. The maximum atomic E-state index is 5.88. The lowest BCUT2D eigenvalue weighted by atomic mass is 10.2. The molecule has 0 aromatic heterocycles. The van der Waals surface area contributed by atoms with Gasteiger partial charge in [-0.05, 0) is 12.8 Å². The first kappa shape index (κ1) is 15.1. The predicted octanol–water partition coefficient (Wildman–Crippen LogP) is 2.12. The molecule has 0 aromatic carbocycles. The van der Waals surface area contributed by atoms with Gasteiger partial charge in [-0.25, -0.2) is 0 Å². The molecule has 0 spiro atoms. The van der Waals surface area contributed by atoms with Gasteiger partial charge < -0.3 is 19.0 Å². The third kappa shape index (κ3) is 5.63. The maximum Gasteiger partial charge on any atom is 0.501 e. The lowest BCUT2D eigenvalue weighted by molar-refractivity contribution is 0.0528. The standard InChI is InChI=1S/C10H25NO3Si/c1-5-7-8-10(11)14-15(12-3,13-4)9-6-2/h10H,5-9,11H2,1-4H3. The Morgan fingerprint density at radius 1 is 1.13 bits per heavy atom. The Bertz CT molecular complexity index is 154. The van der Waals surface area contributed by atoms with E-state index in [0.29, 0.717) is 0 Å². The Hall–Kier alpha value is 0.0569. The van der Waals surface area contributed by atoms with Crippen LogP contribution >= 0.6 is 0 Å². The van der Waals surface area contributed by atoms with E-state index >= 15 is 0 Å². The van der Waals surface area contributed by atoms with Gasteiger partial charge in [0.1, 0.15) is 0 Å². The highest BCUT2D eigenvalue weighted by molar-refractivity contribution is 6.60. The third-order valence-corrected chi connectivity index (χ3v) is 5.37. The molecule has 0 aliphatic rings. The van der Waals surface area contributed by atoms with Crippen molar-refractivity contribution in [2.24, 2.45) is 5.73 Å². The van der Waals surface area contributed by atoms with E-state index in [1.165, 1.54) is 0 Å². The molecule has 1 atom stereocenters. The van der Waals surface area contributed by atoms with Gasteiger partial charge >= 0.3 is 8.80 Å². The SMILES string of the molecule is CCCCC(N)O[Si](CCC)(OC)OC. The molecule has 0 saturated heterocycles. The molecular formula is C10H25NO3Si. The van der Waals surface area contributed by atoms with Gasteiger partial charge in [0, 0.05) is 20.3 Å². The van der Waals surface area contributed by atoms with Crippen LogP contribution in [0, 0.1) is 0 Å². The van der Waals surface area contributed by atoms with E-state index in [1.807, 2.05) is 0 Å². The van der Waals surface area contributed by atoms with Crippen LogP contribution in [0.15, 0.2) is 0 Å². The first-order valence-corrected chi connectivity index (χ1v) is 7.61. The Kier molecular flexibility index (Phi) is 8.27. The first-order valence-electron chi connectivity index (χ1n) is 5.67. The van der Waals surface area contributed by atoms with Crippen molar-refractivity contribution in [3.05, 3.63) is 0 Å². The first-order chi connectivity index (χ1) is 7.14. The van der Waals surface area contributed by atoms with E-state index in [1.54, 1.807) is 14.2 Å². The van der Waals surface area contributed by atoms with E-state index in [-0.39, 0.29) is 6.23 Å². The Morgan fingerprint density at radius 3 is 2.13 bits per heavy atom. The van der Waals surface area contributed by atoms with Crippen LogP contribution in [0.25, 0.3) is 0 Å². The summed E-state index contributed by atoms with van der Waals surface area (Å²) in [6, 6.07) is 0.819. The summed E-state index contributed by atoms with van der Waals surface area (Å²) in [5, 5.41) is 0. The summed E-state index contributed by atoms with van der Waals surface area (Å²) in [7, 11) is 0.792. The second kappa shape index (κ2) is 8.24. The molecule has 2 N–H and O–H groups in total. The summed E-state index contributed by atoms with van der Waals surface area (Å²) in [5.41, 5.74) is 5.88. The molecule has 5 heteroatoms. The van der Waals surface area contributed by atoms with Crippen LogP contribution in [-0.4, -0.2) is 29.3 Å². The second-order valence-electron chi connectivity index (χ2n) is 3.64. The number of rotatable bonds is 9. The molecule has 0 saturated carbocycles. The zero-order valence-corrected chi connectivity index (χ0v) is 11.4. The molecule has 92 valence electrons. The van der Waals surface area contributed by atoms with Crippen molar-refractivity contribution in [3.63, 3.8) is 0 Å². The zero-order chi connectivity index (χ0) is 11.7. The van der Waals surface area contributed by atoms with Gasteiger partial charge in [-0.3, -0.25) is 0 Å². The van der Waals surface area contributed by atoms with E-state index < -0.39 is 8.80 Å². The maximum absolute atomic E-state index is 5.88. The van der Waals surface area contributed by atoms with Crippen LogP contribution in [0.5, 0.6) is 0 Å². The molecular weight excluding hydrogens is 210 g/mol. The van der Waals surface area contributed by atoms with Crippen LogP contribution in [0.3, 0.4) is 0 Å². The highest BCUT2D eigenvalue weighted by atomic mass is 28.4. The van der Waals surface area contributed by atoms with Crippen LogP contribution in [-0.2, 0) is 13.3 Å². The Balaban J connectivity index is 4.13. The molecule has 0 fully saturated rings. The van der Waals surface area contributed by atoms with Gasteiger partial charge in [-0.15, -0.1) is 0 Å². The molecule has 0 aliphatic heterocycles. The fraction of sp³-hybridized carbons (Fsp3) is 1.00. The molecule has 4 nitrogen and oxygen atoms in total. The number of nitrogens with two attached hydrogens (primary N) is 1. The van der Waals surface area contributed by atoms with E-state index in [4.69, 9.17) is 19.0 Å². The van der Waals surface area contributed by atoms with Crippen molar-refractivity contribution in [3.8, 4) is 0 Å². The summed E-state index contributed by atoms with van der Waals surface area (Å²) >= 11 is 0. The van der Waals surface area contributed by atoms with Crippen LogP contribution in [0.1, 0.15) is 39.5 Å². The van der Waals surface area contributed by atoms with Gasteiger partial charge in [0.2, 0.25) is 0 Å². The number of hydrogen-bond donors (Lipinski definition) is 1. The summed E-state index contributed by atoms with van der Waals surface area (Å²) in [5.74, 6) is 0. The largest absolute Gasteiger partial charge is 0.501 e.